The molecule has 3 fully saturated rings. The maximum Gasteiger partial charge on any atom is 0.0775 e. The molecule has 1 N–H and O–H groups in total. The Morgan fingerprint density at radius 3 is 2.00 bits per heavy atom. The minimum absolute atomic E-state index is 0.301. The zero-order valence-corrected chi connectivity index (χ0v) is 16.3. The van der Waals surface area contributed by atoms with Gasteiger partial charge in [0, 0.05) is 32.1 Å². The molecule has 3 aliphatic rings. The van der Waals surface area contributed by atoms with Gasteiger partial charge in [0.05, 0.1) is 17.8 Å². The predicted molar refractivity (Wildman–Crippen MR) is 112 cm³/mol. The minimum atomic E-state index is 0.301. The Morgan fingerprint density at radius 1 is 0.821 bits per heavy atom. The molecule has 5 rings (SSSR count). The van der Waals surface area contributed by atoms with Gasteiger partial charge in [-0.25, -0.2) is 0 Å². The molecule has 0 unspecified atom stereocenters. The van der Waals surface area contributed by atoms with Crippen LogP contribution in [-0.4, -0.2) is 52.9 Å². The van der Waals surface area contributed by atoms with E-state index in [2.05, 4.69) is 75.6 Å². The van der Waals surface area contributed by atoms with Crippen LogP contribution in [0.15, 0.2) is 65.8 Å². The first-order valence-electron chi connectivity index (χ1n) is 10.6. The highest BCUT2D eigenvalue weighted by Gasteiger charge is 2.48. The summed E-state index contributed by atoms with van der Waals surface area (Å²) in [5.41, 5.74) is 3.78. The lowest BCUT2D eigenvalue weighted by molar-refractivity contribution is 0.0816. The number of hydrogen-bond donors (Lipinski definition) is 1. The smallest absolute Gasteiger partial charge is 0.0775 e. The molecule has 2 aromatic rings. The van der Waals surface area contributed by atoms with Crippen LogP contribution >= 0.6 is 0 Å². The highest BCUT2D eigenvalue weighted by atomic mass is 16.4. The van der Waals surface area contributed by atoms with Crippen LogP contribution in [0.5, 0.6) is 0 Å². The van der Waals surface area contributed by atoms with Gasteiger partial charge < -0.3 is 5.21 Å². The molecule has 28 heavy (non-hydrogen) atoms. The van der Waals surface area contributed by atoms with Crippen molar-refractivity contribution in [2.45, 2.75) is 31.3 Å². The zero-order chi connectivity index (χ0) is 18.9. The van der Waals surface area contributed by atoms with Crippen LogP contribution in [0.25, 0.3) is 0 Å². The molecule has 3 atom stereocenters. The lowest BCUT2D eigenvalue weighted by atomic mass is 9.91. The first-order chi connectivity index (χ1) is 13.8. The van der Waals surface area contributed by atoms with Gasteiger partial charge >= 0.3 is 0 Å². The molecule has 2 aliphatic carbocycles. The van der Waals surface area contributed by atoms with E-state index >= 15 is 0 Å². The number of nitrogens with zero attached hydrogens (tertiary/aromatic N) is 3. The van der Waals surface area contributed by atoms with Crippen molar-refractivity contribution < 1.29 is 5.21 Å². The van der Waals surface area contributed by atoms with Crippen LogP contribution in [0, 0.1) is 11.8 Å². The SMILES string of the molecule is O/N=C1/[C@H]2CC[C@@H](C2)[C@H]1N1CCN(C(c2ccccc2)c2ccccc2)CC1. The predicted octanol–water partition coefficient (Wildman–Crippen LogP) is 4.02. The zero-order valence-electron chi connectivity index (χ0n) is 16.3. The maximum absolute atomic E-state index is 9.58. The van der Waals surface area contributed by atoms with Gasteiger partial charge in [-0.15, -0.1) is 0 Å². The second kappa shape index (κ2) is 7.69. The van der Waals surface area contributed by atoms with E-state index in [9.17, 15) is 5.21 Å². The first-order valence-corrected chi connectivity index (χ1v) is 10.6. The molecule has 2 aromatic carbocycles. The molecule has 0 aromatic heterocycles. The molecule has 4 nitrogen and oxygen atoms in total. The van der Waals surface area contributed by atoms with E-state index < -0.39 is 0 Å². The Labute approximate surface area is 167 Å². The number of oxime groups is 1. The summed E-state index contributed by atoms with van der Waals surface area (Å²) in [4.78, 5) is 5.20. The van der Waals surface area contributed by atoms with Crippen LogP contribution in [0.3, 0.4) is 0 Å². The van der Waals surface area contributed by atoms with Gasteiger partial charge in [0.1, 0.15) is 0 Å². The van der Waals surface area contributed by atoms with Crippen LogP contribution in [0.4, 0.5) is 0 Å². The number of hydrogen-bond acceptors (Lipinski definition) is 4. The van der Waals surface area contributed by atoms with Gasteiger partial charge in [-0.2, -0.15) is 0 Å². The Kier molecular flexibility index (Phi) is 4.91. The van der Waals surface area contributed by atoms with Crippen LogP contribution in [-0.2, 0) is 0 Å². The molecule has 4 heteroatoms. The summed E-state index contributed by atoms with van der Waals surface area (Å²) in [6.07, 6.45) is 3.73. The Balaban J connectivity index is 1.34. The van der Waals surface area contributed by atoms with Gasteiger partial charge in [0.2, 0.25) is 0 Å². The largest absolute Gasteiger partial charge is 0.411 e. The number of piperazine rings is 1. The second-order valence-corrected chi connectivity index (χ2v) is 8.54. The average molecular weight is 376 g/mol. The van der Waals surface area contributed by atoms with Crippen molar-refractivity contribution in [2.24, 2.45) is 17.0 Å². The lowest BCUT2D eigenvalue weighted by Crippen LogP contribution is -2.54. The van der Waals surface area contributed by atoms with Crippen molar-refractivity contribution in [1.82, 2.24) is 9.80 Å². The van der Waals surface area contributed by atoms with Gasteiger partial charge in [0.25, 0.3) is 0 Å². The quantitative estimate of drug-likeness (QED) is 0.648. The van der Waals surface area contributed by atoms with Crippen LogP contribution in [0.2, 0.25) is 0 Å². The number of benzene rings is 2. The van der Waals surface area contributed by atoms with Gasteiger partial charge in [0.15, 0.2) is 0 Å². The third-order valence-corrected chi connectivity index (χ3v) is 7.09. The summed E-state index contributed by atoms with van der Waals surface area (Å²) in [6.45, 7) is 4.17. The fourth-order valence-electron chi connectivity index (χ4n) is 5.84. The van der Waals surface area contributed by atoms with Crippen molar-refractivity contribution in [3.8, 4) is 0 Å². The summed E-state index contributed by atoms with van der Waals surface area (Å²) in [5, 5.41) is 13.3. The minimum Gasteiger partial charge on any atom is -0.411 e. The Bertz CT molecular complexity index is 775. The van der Waals surface area contributed by atoms with E-state index in [0.717, 1.165) is 31.9 Å². The Morgan fingerprint density at radius 2 is 1.43 bits per heavy atom. The van der Waals surface area contributed by atoms with E-state index in [1.165, 1.54) is 30.4 Å². The summed E-state index contributed by atoms with van der Waals surface area (Å²) in [6, 6.07) is 22.4. The molecule has 0 amide bonds. The fraction of sp³-hybridized carbons (Fsp3) is 0.458. The summed E-state index contributed by atoms with van der Waals surface area (Å²) in [7, 11) is 0. The van der Waals surface area contributed by atoms with Crippen molar-refractivity contribution in [3.05, 3.63) is 71.8 Å². The van der Waals surface area contributed by atoms with E-state index in [1.54, 1.807) is 0 Å². The monoisotopic (exact) mass is 375 g/mol. The van der Waals surface area contributed by atoms with E-state index in [1.807, 2.05) is 0 Å². The normalized spacial score (nSPS) is 29.8. The standard InChI is InChI=1S/C24H29N3O/c28-25-22-20-11-12-21(17-20)24(22)27-15-13-26(14-16-27)23(18-7-3-1-4-8-18)19-9-5-2-6-10-19/h1-10,20-21,23-24,28H,11-17H2/b25-22-/t20-,21-,24+/m0/s1. The summed E-state index contributed by atoms with van der Waals surface area (Å²) < 4.78 is 0. The topological polar surface area (TPSA) is 39.1 Å². The molecule has 0 spiro atoms. The fourth-order valence-corrected chi connectivity index (χ4v) is 5.84. The van der Waals surface area contributed by atoms with Crippen LogP contribution in [0.1, 0.15) is 36.4 Å². The third kappa shape index (κ3) is 3.15. The number of rotatable bonds is 4. The van der Waals surface area contributed by atoms with E-state index in [-0.39, 0.29) is 0 Å². The second-order valence-electron chi connectivity index (χ2n) is 8.54. The third-order valence-electron chi connectivity index (χ3n) is 7.09. The first kappa shape index (κ1) is 17.9. The summed E-state index contributed by atoms with van der Waals surface area (Å²) in [5.74, 6) is 1.22. The lowest BCUT2D eigenvalue weighted by Gasteiger charge is -2.43. The van der Waals surface area contributed by atoms with Gasteiger partial charge in [-0.3, -0.25) is 9.80 Å². The van der Waals surface area contributed by atoms with Gasteiger partial charge in [-0.1, -0.05) is 65.8 Å². The molecular weight excluding hydrogens is 346 g/mol. The summed E-state index contributed by atoms with van der Waals surface area (Å²) >= 11 is 0. The highest BCUT2D eigenvalue weighted by molar-refractivity contribution is 5.94. The average Bonchev–Trinajstić information content (AvgIpc) is 3.37. The molecule has 1 aliphatic heterocycles. The molecule has 2 bridgehead atoms. The van der Waals surface area contributed by atoms with E-state index in [0.29, 0.717) is 23.9 Å². The van der Waals surface area contributed by atoms with Crippen molar-refractivity contribution in [2.75, 3.05) is 26.2 Å². The molecule has 0 radical (unpaired) electrons. The highest BCUT2D eigenvalue weighted by Crippen LogP contribution is 2.45. The molecule has 1 saturated heterocycles. The van der Waals surface area contributed by atoms with E-state index in [4.69, 9.17) is 0 Å². The van der Waals surface area contributed by atoms with Crippen molar-refractivity contribution in [1.29, 1.82) is 0 Å². The molecule has 2 saturated carbocycles. The van der Waals surface area contributed by atoms with Crippen molar-refractivity contribution >= 4 is 5.71 Å². The molecule has 146 valence electrons. The molecule has 1 heterocycles. The van der Waals surface area contributed by atoms with Gasteiger partial charge in [-0.05, 0) is 36.3 Å². The maximum atomic E-state index is 9.58. The van der Waals surface area contributed by atoms with Crippen LogP contribution < -0.4 is 0 Å². The number of fused-ring (bicyclic) bond motifs is 2. The van der Waals surface area contributed by atoms with Crippen molar-refractivity contribution in [3.63, 3.8) is 0 Å². The molecular formula is C24H29N3O. The Hall–Kier alpha value is -2.17.